The molecule has 0 aliphatic heterocycles. The lowest BCUT2D eigenvalue weighted by atomic mass is 10.3. The molecule has 0 unspecified atom stereocenters. The Kier molecular flexibility index (Phi) is 5.45. The predicted octanol–water partition coefficient (Wildman–Crippen LogP) is 1.50. The summed E-state index contributed by atoms with van der Waals surface area (Å²) < 4.78 is 1.57. The van der Waals surface area contributed by atoms with E-state index in [0.717, 1.165) is 18.5 Å². The zero-order valence-electron chi connectivity index (χ0n) is 12.1. The third-order valence-electron chi connectivity index (χ3n) is 3.14. The predicted molar refractivity (Wildman–Crippen MR) is 79.3 cm³/mol. The quantitative estimate of drug-likeness (QED) is 0.838. The molecule has 0 saturated carbocycles. The maximum atomic E-state index is 12.4. The van der Waals surface area contributed by atoms with Crippen LogP contribution in [-0.2, 0) is 0 Å². The van der Waals surface area contributed by atoms with Gasteiger partial charge in [-0.15, -0.1) is 5.10 Å². The number of hydrogen-bond donors (Lipinski definition) is 1. The van der Waals surface area contributed by atoms with E-state index in [1.165, 1.54) is 6.33 Å². The topological polar surface area (TPSA) is 71.2 Å². The highest BCUT2D eigenvalue weighted by atomic mass is 16.3. The second kappa shape index (κ2) is 7.54. The van der Waals surface area contributed by atoms with Gasteiger partial charge in [0, 0.05) is 13.1 Å². The highest BCUT2D eigenvalue weighted by Crippen LogP contribution is 2.07. The van der Waals surface area contributed by atoms with Gasteiger partial charge in [0.05, 0.1) is 12.3 Å². The number of aliphatic hydroxyl groups is 1. The summed E-state index contributed by atoms with van der Waals surface area (Å²) in [6, 6.07) is 9.51. The van der Waals surface area contributed by atoms with Crippen molar-refractivity contribution in [2.45, 2.75) is 19.8 Å². The Bertz CT molecular complexity index is 568. The van der Waals surface area contributed by atoms with Gasteiger partial charge in [-0.25, -0.2) is 9.67 Å². The van der Waals surface area contributed by atoms with Gasteiger partial charge < -0.3 is 10.0 Å². The Morgan fingerprint density at radius 1 is 1.29 bits per heavy atom. The fraction of sp³-hybridized carbons (Fsp3) is 0.400. The minimum atomic E-state index is -0.243. The summed E-state index contributed by atoms with van der Waals surface area (Å²) in [7, 11) is 0. The van der Waals surface area contributed by atoms with Crippen molar-refractivity contribution < 1.29 is 9.90 Å². The fourth-order valence-electron chi connectivity index (χ4n) is 1.99. The van der Waals surface area contributed by atoms with E-state index in [0.29, 0.717) is 13.1 Å². The summed E-state index contributed by atoms with van der Waals surface area (Å²) in [6.45, 7) is 2.91. The van der Waals surface area contributed by atoms with Crippen molar-refractivity contribution in [2.24, 2.45) is 0 Å². The zero-order chi connectivity index (χ0) is 15.1. The first-order valence-corrected chi connectivity index (χ1v) is 7.13. The Morgan fingerprint density at radius 3 is 2.71 bits per heavy atom. The van der Waals surface area contributed by atoms with Crippen molar-refractivity contribution in [1.82, 2.24) is 19.7 Å². The van der Waals surface area contributed by atoms with Crippen LogP contribution in [0.3, 0.4) is 0 Å². The summed E-state index contributed by atoms with van der Waals surface area (Å²) in [4.78, 5) is 18.0. The minimum absolute atomic E-state index is 0.0607. The molecule has 0 atom stereocenters. The van der Waals surface area contributed by atoms with Gasteiger partial charge in [-0.3, -0.25) is 4.79 Å². The van der Waals surface area contributed by atoms with Crippen molar-refractivity contribution >= 4 is 5.91 Å². The Labute approximate surface area is 124 Å². The lowest BCUT2D eigenvalue weighted by Gasteiger charge is -2.19. The highest BCUT2D eigenvalue weighted by Gasteiger charge is 2.19. The second-order valence-corrected chi connectivity index (χ2v) is 4.72. The Hall–Kier alpha value is -2.21. The number of carbonyl (C=O) groups is 1. The van der Waals surface area contributed by atoms with Crippen LogP contribution in [-0.4, -0.2) is 50.4 Å². The van der Waals surface area contributed by atoms with Crippen molar-refractivity contribution in [2.75, 3.05) is 19.7 Å². The van der Waals surface area contributed by atoms with E-state index in [-0.39, 0.29) is 18.3 Å². The summed E-state index contributed by atoms with van der Waals surface area (Å²) in [5.74, 6) is -0.0874. The van der Waals surface area contributed by atoms with E-state index in [1.54, 1.807) is 9.58 Å². The van der Waals surface area contributed by atoms with Gasteiger partial charge in [0.15, 0.2) is 0 Å². The first-order chi connectivity index (χ1) is 10.3. The number of benzene rings is 1. The molecule has 0 aliphatic carbocycles. The normalized spacial score (nSPS) is 10.6. The van der Waals surface area contributed by atoms with E-state index in [9.17, 15) is 4.79 Å². The summed E-state index contributed by atoms with van der Waals surface area (Å²) >= 11 is 0. The van der Waals surface area contributed by atoms with Crippen LogP contribution in [0.2, 0.25) is 0 Å². The lowest BCUT2D eigenvalue weighted by molar-refractivity contribution is 0.0707. The average Bonchev–Trinajstić information content (AvgIpc) is 3.01. The zero-order valence-corrected chi connectivity index (χ0v) is 12.1. The van der Waals surface area contributed by atoms with Gasteiger partial charge in [-0.2, -0.15) is 0 Å². The monoisotopic (exact) mass is 288 g/mol. The van der Waals surface area contributed by atoms with Gasteiger partial charge >= 0.3 is 0 Å². The number of amides is 1. The van der Waals surface area contributed by atoms with Crippen LogP contribution in [0.1, 0.15) is 30.4 Å². The Morgan fingerprint density at radius 2 is 2.05 bits per heavy atom. The first kappa shape index (κ1) is 15.2. The molecule has 1 aromatic carbocycles. The molecule has 6 nitrogen and oxygen atoms in total. The SMILES string of the molecule is CCCCN(CCO)C(=O)c1ncn(-c2ccccc2)n1. The number of para-hydroxylation sites is 1. The van der Waals surface area contributed by atoms with E-state index in [4.69, 9.17) is 5.11 Å². The smallest absolute Gasteiger partial charge is 0.293 e. The van der Waals surface area contributed by atoms with Crippen LogP contribution < -0.4 is 0 Å². The third-order valence-corrected chi connectivity index (χ3v) is 3.14. The molecule has 112 valence electrons. The van der Waals surface area contributed by atoms with Crippen LogP contribution >= 0.6 is 0 Å². The van der Waals surface area contributed by atoms with E-state index in [1.807, 2.05) is 30.3 Å². The van der Waals surface area contributed by atoms with Gasteiger partial charge in [0.1, 0.15) is 6.33 Å². The molecule has 2 aromatic rings. The number of rotatable bonds is 7. The van der Waals surface area contributed by atoms with Crippen LogP contribution in [0.15, 0.2) is 36.7 Å². The highest BCUT2D eigenvalue weighted by molar-refractivity contribution is 5.90. The largest absolute Gasteiger partial charge is 0.395 e. The number of aromatic nitrogens is 3. The molecular weight excluding hydrogens is 268 g/mol. The molecule has 1 aromatic heterocycles. The molecule has 0 radical (unpaired) electrons. The van der Waals surface area contributed by atoms with Crippen molar-refractivity contribution in [1.29, 1.82) is 0 Å². The fourth-order valence-corrected chi connectivity index (χ4v) is 1.99. The molecule has 0 fully saturated rings. The van der Waals surface area contributed by atoms with Crippen molar-refractivity contribution in [3.8, 4) is 5.69 Å². The lowest BCUT2D eigenvalue weighted by Crippen LogP contribution is -2.35. The molecule has 21 heavy (non-hydrogen) atoms. The number of unbranched alkanes of at least 4 members (excludes halogenated alkanes) is 1. The van der Waals surface area contributed by atoms with Gasteiger partial charge in [0.25, 0.3) is 5.91 Å². The molecule has 1 amide bonds. The number of nitrogens with zero attached hydrogens (tertiary/aromatic N) is 4. The summed E-state index contributed by atoms with van der Waals surface area (Å²) in [5, 5.41) is 13.3. The summed E-state index contributed by atoms with van der Waals surface area (Å²) in [6.07, 6.45) is 3.41. The maximum absolute atomic E-state index is 12.4. The van der Waals surface area contributed by atoms with Crippen LogP contribution in [0.25, 0.3) is 5.69 Å². The molecular formula is C15H20N4O2. The molecule has 0 aliphatic rings. The number of aliphatic hydroxyl groups excluding tert-OH is 1. The average molecular weight is 288 g/mol. The third kappa shape index (κ3) is 3.88. The maximum Gasteiger partial charge on any atom is 0.293 e. The van der Waals surface area contributed by atoms with Crippen molar-refractivity contribution in [3.63, 3.8) is 0 Å². The number of hydrogen-bond acceptors (Lipinski definition) is 4. The molecule has 0 spiro atoms. The van der Waals surface area contributed by atoms with Crippen LogP contribution in [0.5, 0.6) is 0 Å². The minimum Gasteiger partial charge on any atom is -0.395 e. The molecule has 1 N–H and O–H groups in total. The van der Waals surface area contributed by atoms with Crippen molar-refractivity contribution in [3.05, 3.63) is 42.5 Å². The molecule has 2 rings (SSSR count). The van der Waals surface area contributed by atoms with Crippen LogP contribution in [0.4, 0.5) is 0 Å². The van der Waals surface area contributed by atoms with Gasteiger partial charge in [0.2, 0.25) is 5.82 Å². The number of carbonyl (C=O) groups excluding carboxylic acids is 1. The summed E-state index contributed by atoms with van der Waals surface area (Å²) in [5.41, 5.74) is 0.853. The van der Waals surface area contributed by atoms with E-state index >= 15 is 0 Å². The van der Waals surface area contributed by atoms with Gasteiger partial charge in [-0.05, 0) is 18.6 Å². The van der Waals surface area contributed by atoms with E-state index < -0.39 is 0 Å². The van der Waals surface area contributed by atoms with Crippen LogP contribution in [0, 0.1) is 0 Å². The molecule has 6 heteroatoms. The van der Waals surface area contributed by atoms with Gasteiger partial charge in [-0.1, -0.05) is 31.5 Å². The first-order valence-electron chi connectivity index (χ1n) is 7.13. The second-order valence-electron chi connectivity index (χ2n) is 4.72. The standard InChI is InChI=1S/C15H20N4O2/c1-2-3-9-18(10-11-20)15(21)14-16-12-19(17-14)13-7-5-4-6-8-13/h4-8,12,20H,2-3,9-11H2,1H3. The van der Waals surface area contributed by atoms with E-state index in [2.05, 4.69) is 17.0 Å². The molecule has 0 saturated heterocycles. The molecule has 0 bridgehead atoms. The molecule has 1 heterocycles. The Balaban J connectivity index is 2.13.